The van der Waals surface area contributed by atoms with E-state index in [9.17, 15) is 9.59 Å². The maximum absolute atomic E-state index is 12.9. The van der Waals surface area contributed by atoms with Gasteiger partial charge in [0.1, 0.15) is 18.7 Å². The van der Waals surface area contributed by atoms with E-state index in [0.717, 1.165) is 21.9 Å². The number of carbonyl (C=O) groups is 2. The van der Waals surface area contributed by atoms with E-state index in [2.05, 4.69) is 25.7 Å². The Morgan fingerprint density at radius 2 is 1.85 bits per heavy atom. The molecule has 2 N–H and O–H groups in total. The lowest BCUT2D eigenvalue weighted by Crippen LogP contribution is -2.50. The second kappa shape index (κ2) is 10.0. The molecule has 2 heterocycles. The topological polar surface area (TPSA) is 102 Å². The number of aromatic nitrogens is 4. The zero-order chi connectivity index (χ0) is 23.2. The number of amides is 2. The highest BCUT2D eigenvalue weighted by Gasteiger charge is 2.24. The standard InChI is InChI=1S/C25H26N6O2/c1-17(2)23(30-22(32)13-18-9-10-19-6-3-4-7-20(19)12-18)25(33)28-14-21-8-5-11-27-24(21)31-16-26-15-29-31/h3-12,15-17,23H,13-14H2,1-2H3,(H,28,33)(H,30,32). The third-order valence-electron chi connectivity index (χ3n) is 5.40. The smallest absolute Gasteiger partial charge is 0.243 e. The van der Waals surface area contributed by atoms with E-state index in [1.807, 2.05) is 62.4 Å². The summed E-state index contributed by atoms with van der Waals surface area (Å²) in [7, 11) is 0. The number of fused-ring (bicyclic) bond motifs is 1. The first-order valence-electron chi connectivity index (χ1n) is 10.8. The van der Waals surface area contributed by atoms with Crippen LogP contribution in [0.15, 0.2) is 73.4 Å². The molecular formula is C25H26N6O2. The van der Waals surface area contributed by atoms with Gasteiger partial charge in [0.05, 0.1) is 6.42 Å². The quantitative estimate of drug-likeness (QED) is 0.437. The van der Waals surface area contributed by atoms with Crippen LogP contribution < -0.4 is 10.6 Å². The molecule has 0 aliphatic rings. The van der Waals surface area contributed by atoms with Crippen molar-refractivity contribution in [1.29, 1.82) is 0 Å². The molecule has 33 heavy (non-hydrogen) atoms. The molecule has 1 atom stereocenters. The Kier molecular flexibility index (Phi) is 6.73. The third-order valence-corrected chi connectivity index (χ3v) is 5.40. The average Bonchev–Trinajstić information content (AvgIpc) is 3.36. The first-order valence-corrected chi connectivity index (χ1v) is 10.8. The van der Waals surface area contributed by atoms with Crippen LogP contribution in [-0.2, 0) is 22.6 Å². The molecule has 8 heteroatoms. The van der Waals surface area contributed by atoms with Crippen LogP contribution in [0.5, 0.6) is 0 Å². The van der Waals surface area contributed by atoms with Crippen LogP contribution >= 0.6 is 0 Å². The molecule has 8 nitrogen and oxygen atoms in total. The van der Waals surface area contributed by atoms with Gasteiger partial charge in [-0.3, -0.25) is 9.59 Å². The van der Waals surface area contributed by atoms with Crippen LogP contribution in [0.1, 0.15) is 25.0 Å². The zero-order valence-corrected chi connectivity index (χ0v) is 18.6. The Morgan fingerprint density at radius 3 is 2.61 bits per heavy atom. The van der Waals surface area contributed by atoms with E-state index in [0.29, 0.717) is 5.82 Å². The fourth-order valence-electron chi connectivity index (χ4n) is 3.68. The van der Waals surface area contributed by atoms with Gasteiger partial charge in [-0.25, -0.2) is 14.6 Å². The van der Waals surface area contributed by atoms with E-state index in [-0.39, 0.29) is 30.7 Å². The fourth-order valence-corrected chi connectivity index (χ4v) is 3.68. The van der Waals surface area contributed by atoms with Gasteiger partial charge in [-0.15, -0.1) is 0 Å². The van der Waals surface area contributed by atoms with Gasteiger partial charge in [-0.1, -0.05) is 62.4 Å². The maximum Gasteiger partial charge on any atom is 0.243 e. The number of nitrogens with zero attached hydrogens (tertiary/aromatic N) is 4. The molecule has 0 saturated carbocycles. The number of nitrogens with one attached hydrogen (secondary N) is 2. The second-order valence-corrected chi connectivity index (χ2v) is 8.19. The summed E-state index contributed by atoms with van der Waals surface area (Å²) in [5, 5.41) is 12.1. The molecule has 0 bridgehead atoms. The Morgan fingerprint density at radius 1 is 1.03 bits per heavy atom. The Hall–Kier alpha value is -4.07. The summed E-state index contributed by atoms with van der Waals surface area (Å²) in [5.41, 5.74) is 1.70. The summed E-state index contributed by atoms with van der Waals surface area (Å²) in [6.07, 6.45) is 4.85. The monoisotopic (exact) mass is 442 g/mol. The molecule has 0 radical (unpaired) electrons. The van der Waals surface area contributed by atoms with Crippen LogP contribution in [0.25, 0.3) is 16.6 Å². The number of benzene rings is 2. The minimum Gasteiger partial charge on any atom is -0.350 e. The van der Waals surface area contributed by atoms with Gasteiger partial charge in [0.15, 0.2) is 5.82 Å². The van der Waals surface area contributed by atoms with Gasteiger partial charge in [0.2, 0.25) is 11.8 Å². The summed E-state index contributed by atoms with van der Waals surface area (Å²) >= 11 is 0. The van der Waals surface area contributed by atoms with Gasteiger partial charge in [0, 0.05) is 18.3 Å². The summed E-state index contributed by atoms with van der Waals surface area (Å²) in [6, 6.07) is 17.0. The van der Waals surface area contributed by atoms with Crippen molar-refractivity contribution in [3.8, 4) is 5.82 Å². The molecule has 4 aromatic rings. The van der Waals surface area contributed by atoms with Crippen molar-refractivity contribution in [2.45, 2.75) is 32.9 Å². The molecule has 0 aliphatic carbocycles. The van der Waals surface area contributed by atoms with Crippen LogP contribution in [0.3, 0.4) is 0 Å². The fraction of sp³-hybridized carbons (Fsp3) is 0.240. The van der Waals surface area contributed by atoms with Crippen molar-refractivity contribution in [3.05, 3.63) is 84.6 Å². The number of hydrogen-bond donors (Lipinski definition) is 2. The lowest BCUT2D eigenvalue weighted by Gasteiger charge is -2.22. The van der Waals surface area contributed by atoms with Crippen LogP contribution in [0, 0.1) is 5.92 Å². The molecule has 0 fully saturated rings. The number of carbonyl (C=O) groups excluding carboxylic acids is 2. The summed E-state index contributed by atoms with van der Waals surface area (Å²) in [4.78, 5) is 34.0. The summed E-state index contributed by atoms with van der Waals surface area (Å²) in [6.45, 7) is 4.07. The number of pyridine rings is 1. The van der Waals surface area contributed by atoms with Gasteiger partial charge in [0.25, 0.3) is 0 Å². The largest absolute Gasteiger partial charge is 0.350 e. The van der Waals surface area contributed by atoms with Crippen LogP contribution in [0.2, 0.25) is 0 Å². The van der Waals surface area contributed by atoms with Gasteiger partial charge >= 0.3 is 0 Å². The molecule has 4 rings (SSSR count). The molecule has 1 unspecified atom stereocenters. The van der Waals surface area contributed by atoms with Gasteiger partial charge in [-0.2, -0.15) is 5.10 Å². The number of hydrogen-bond acceptors (Lipinski definition) is 5. The summed E-state index contributed by atoms with van der Waals surface area (Å²) < 4.78 is 1.55. The predicted octanol–water partition coefficient (Wildman–Crippen LogP) is 2.82. The minimum atomic E-state index is -0.649. The Labute approximate surface area is 192 Å². The van der Waals surface area contributed by atoms with Crippen molar-refractivity contribution in [3.63, 3.8) is 0 Å². The molecule has 0 spiro atoms. The van der Waals surface area contributed by atoms with Crippen LogP contribution in [-0.4, -0.2) is 37.6 Å². The molecular weight excluding hydrogens is 416 g/mol. The number of rotatable bonds is 8. The van der Waals surface area contributed by atoms with Crippen LogP contribution in [0.4, 0.5) is 0 Å². The van der Waals surface area contributed by atoms with Crippen molar-refractivity contribution in [2.24, 2.45) is 5.92 Å². The van der Waals surface area contributed by atoms with E-state index in [1.54, 1.807) is 23.3 Å². The highest BCUT2D eigenvalue weighted by molar-refractivity contribution is 5.89. The maximum atomic E-state index is 12.9. The first-order chi connectivity index (χ1) is 16.0. The van der Waals surface area contributed by atoms with E-state index in [1.165, 1.54) is 6.33 Å². The Bertz CT molecular complexity index is 1250. The molecule has 2 aromatic carbocycles. The van der Waals surface area contributed by atoms with Crippen molar-refractivity contribution >= 4 is 22.6 Å². The van der Waals surface area contributed by atoms with E-state index >= 15 is 0 Å². The molecule has 2 aromatic heterocycles. The molecule has 168 valence electrons. The second-order valence-electron chi connectivity index (χ2n) is 8.19. The molecule has 2 amide bonds. The predicted molar refractivity (Wildman–Crippen MR) is 125 cm³/mol. The van der Waals surface area contributed by atoms with Crippen molar-refractivity contribution < 1.29 is 9.59 Å². The van der Waals surface area contributed by atoms with Crippen molar-refractivity contribution in [2.75, 3.05) is 0 Å². The van der Waals surface area contributed by atoms with E-state index in [4.69, 9.17) is 0 Å². The Balaban J connectivity index is 1.40. The van der Waals surface area contributed by atoms with E-state index < -0.39 is 6.04 Å². The highest BCUT2D eigenvalue weighted by atomic mass is 16.2. The minimum absolute atomic E-state index is 0.0748. The normalized spacial score (nSPS) is 12.0. The lowest BCUT2D eigenvalue weighted by molar-refractivity contribution is -0.129. The van der Waals surface area contributed by atoms with Gasteiger partial charge in [-0.05, 0) is 28.3 Å². The molecule has 0 saturated heterocycles. The lowest BCUT2D eigenvalue weighted by atomic mass is 10.0. The zero-order valence-electron chi connectivity index (χ0n) is 18.6. The summed E-state index contributed by atoms with van der Waals surface area (Å²) in [5.74, 6) is 0.0834. The molecule has 0 aliphatic heterocycles. The van der Waals surface area contributed by atoms with Crippen molar-refractivity contribution in [1.82, 2.24) is 30.4 Å². The van der Waals surface area contributed by atoms with Gasteiger partial charge < -0.3 is 10.6 Å². The first kappa shape index (κ1) is 22.1. The average molecular weight is 443 g/mol. The highest BCUT2D eigenvalue weighted by Crippen LogP contribution is 2.16. The SMILES string of the molecule is CC(C)C(NC(=O)Cc1ccc2ccccc2c1)C(=O)NCc1cccnc1-n1cncn1. The third kappa shape index (κ3) is 5.41.